The van der Waals surface area contributed by atoms with E-state index in [1.807, 2.05) is 36.4 Å². The summed E-state index contributed by atoms with van der Waals surface area (Å²) in [4.78, 5) is 10.6. The third-order valence-electron chi connectivity index (χ3n) is 7.69. The molecule has 206 valence electrons. The zero-order valence-electron chi connectivity index (χ0n) is 25.4. The van der Waals surface area contributed by atoms with Gasteiger partial charge in [-0.1, -0.05) is 96.1 Å². The van der Waals surface area contributed by atoms with E-state index in [-0.39, 0.29) is 0 Å². The van der Waals surface area contributed by atoms with Gasteiger partial charge in [-0.25, -0.2) is 9.98 Å². The minimum Gasteiger partial charge on any atom is -0.452 e. The van der Waals surface area contributed by atoms with Crippen LogP contribution in [0.15, 0.2) is 99.3 Å². The molecule has 0 aliphatic carbocycles. The van der Waals surface area contributed by atoms with Gasteiger partial charge in [0.15, 0.2) is 11.5 Å². The molecule has 0 aliphatic rings. The van der Waals surface area contributed by atoms with Gasteiger partial charge in [0.05, 0.1) is 11.4 Å². The van der Waals surface area contributed by atoms with Crippen LogP contribution in [0, 0.1) is 55.4 Å². The molecule has 5 aromatic rings. The van der Waals surface area contributed by atoms with Gasteiger partial charge in [-0.2, -0.15) is 0 Å². The van der Waals surface area contributed by atoms with Crippen LogP contribution in [0.4, 0.5) is 11.4 Å². The number of hydrogen-bond acceptors (Lipinski definition) is 3. The average Bonchev–Trinajstić information content (AvgIpc) is 3.22. The number of rotatable bonds is 6. The van der Waals surface area contributed by atoms with E-state index in [2.05, 4.69) is 104 Å². The molecule has 1 heterocycles. The van der Waals surface area contributed by atoms with Gasteiger partial charge in [-0.05, 0) is 77.6 Å². The molecule has 0 atom stereocenters. The molecule has 0 amide bonds. The molecule has 0 radical (unpaired) electrons. The fourth-order valence-corrected chi connectivity index (χ4v) is 5.65. The lowest BCUT2D eigenvalue weighted by molar-refractivity contribution is 0.545. The molecule has 0 fully saturated rings. The maximum atomic E-state index is 6.87. The summed E-state index contributed by atoms with van der Waals surface area (Å²) in [6.45, 7) is 17.0. The molecule has 41 heavy (non-hydrogen) atoms. The molecule has 0 bridgehead atoms. The van der Waals surface area contributed by atoms with Crippen molar-refractivity contribution in [1.29, 1.82) is 0 Å². The second-order valence-corrected chi connectivity index (χ2v) is 11.2. The van der Waals surface area contributed by atoms with E-state index in [0.717, 1.165) is 78.8 Å². The monoisotopic (exact) mass is 538 g/mol. The lowest BCUT2D eigenvalue weighted by Gasteiger charge is -2.12. The number of aliphatic imine (C=N–C) groups is 2. The molecular weight excluding hydrogens is 500 g/mol. The normalized spacial score (nSPS) is 12.2. The second-order valence-electron chi connectivity index (χ2n) is 11.2. The van der Waals surface area contributed by atoms with Crippen LogP contribution in [0.1, 0.15) is 67.2 Å². The van der Waals surface area contributed by atoms with Gasteiger partial charge in [0.2, 0.25) is 0 Å². The van der Waals surface area contributed by atoms with Crippen molar-refractivity contribution in [3.63, 3.8) is 0 Å². The van der Waals surface area contributed by atoms with E-state index in [4.69, 9.17) is 14.4 Å². The molecule has 5 rings (SSSR count). The third kappa shape index (κ3) is 5.71. The van der Waals surface area contributed by atoms with Crippen molar-refractivity contribution < 1.29 is 4.42 Å². The van der Waals surface area contributed by atoms with Gasteiger partial charge in [0.25, 0.3) is 0 Å². The number of benzene rings is 4. The summed E-state index contributed by atoms with van der Waals surface area (Å²) >= 11 is 0. The highest BCUT2D eigenvalue weighted by atomic mass is 16.3. The lowest BCUT2D eigenvalue weighted by atomic mass is 9.99. The Balaban J connectivity index is 1.77. The number of furan rings is 1. The average molecular weight is 539 g/mol. The Bertz CT molecular complexity index is 1610. The Morgan fingerprint density at radius 3 is 1.10 bits per heavy atom. The Labute approximate surface area is 244 Å². The summed E-state index contributed by atoms with van der Waals surface area (Å²) in [5.74, 6) is 1.54. The van der Waals surface area contributed by atoms with E-state index < -0.39 is 0 Å². The predicted octanol–water partition coefficient (Wildman–Crippen LogP) is 10.1. The van der Waals surface area contributed by atoms with Crippen LogP contribution in [0.5, 0.6) is 0 Å². The molecular formula is C38H38N2O. The smallest absolute Gasteiger partial charge is 0.157 e. The van der Waals surface area contributed by atoms with Crippen molar-refractivity contribution >= 4 is 22.8 Å². The fourth-order valence-electron chi connectivity index (χ4n) is 5.65. The van der Waals surface area contributed by atoms with Crippen LogP contribution < -0.4 is 0 Å². The van der Waals surface area contributed by atoms with Crippen molar-refractivity contribution in [2.75, 3.05) is 0 Å². The highest BCUT2D eigenvalue weighted by molar-refractivity contribution is 6.17. The van der Waals surface area contributed by atoms with Crippen LogP contribution in [-0.4, -0.2) is 11.4 Å². The van der Waals surface area contributed by atoms with Crippen LogP contribution in [-0.2, 0) is 0 Å². The molecule has 3 heteroatoms. The molecule has 0 aliphatic heterocycles. The SMILES string of the molecule is Cc1cc(C)c(N=C(c2ccccc2)c2oc(C(=Nc3c(C)cc(C)cc3C)c3ccccc3)c(C)c2C)c(C)c1. The highest BCUT2D eigenvalue weighted by Gasteiger charge is 2.24. The molecule has 0 N–H and O–H groups in total. The molecule has 1 aromatic heterocycles. The molecule has 0 spiro atoms. The molecule has 0 unspecified atom stereocenters. The molecule has 4 aromatic carbocycles. The maximum absolute atomic E-state index is 6.87. The first-order valence-electron chi connectivity index (χ1n) is 14.2. The summed E-state index contributed by atoms with van der Waals surface area (Å²) < 4.78 is 6.87. The summed E-state index contributed by atoms with van der Waals surface area (Å²) in [7, 11) is 0. The molecule has 3 nitrogen and oxygen atoms in total. The zero-order chi connectivity index (χ0) is 29.3. The largest absolute Gasteiger partial charge is 0.452 e. The summed E-state index contributed by atoms with van der Waals surface area (Å²) in [5.41, 5.74) is 14.8. The second kappa shape index (κ2) is 11.5. The van der Waals surface area contributed by atoms with Crippen LogP contribution in [0.25, 0.3) is 0 Å². The van der Waals surface area contributed by atoms with Gasteiger partial charge in [-0.15, -0.1) is 0 Å². The van der Waals surface area contributed by atoms with Crippen molar-refractivity contribution in [2.45, 2.75) is 55.4 Å². The highest BCUT2D eigenvalue weighted by Crippen LogP contribution is 2.33. The topological polar surface area (TPSA) is 37.9 Å². The lowest BCUT2D eigenvalue weighted by Crippen LogP contribution is -2.05. The Morgan fingerprint density at radius 1 is 0.463 bits per heavy atom. The van der Waals surface area contributed by atoms with Gasteiger partial charge >= 0.3 is 0 Å². The van der Waals surface area contributed by atoms with E-state index in [9.17, 15) is 0 Å². The first-order chi connectivity index (χ1) is 19.6. The first kappa shape index (κ1) is 28.0. The summed E-state index contributed by atoms with van der Waals surface area (Å²) in [5, 5.41) is 0. The number of nitrogens with zero attached hydrogens (tertiary/aromatic N) is 2. The Kier molecular flexibility index (Phi) is 7.90. The minimum atomic E-state index is 0.768. The van der Waals surface area contributed by atoms with Crippen molar-refractivity contribution in [1.82, 2.24) is 0 Å². The van der Waals surface area contributed by atoms with Gasteiger partial charge in [0.1, 0.15) is 11.4 Å². The van der Waals surface area contributed by atoms with Crippen molar-refractivity contribution in [3.05, 3.63) is 152 Å². The predicted molar refractivity (Wildman–Crippen MR) is 173 cm³/mol. The third-order valence-corrected chi connectivity index (χ3v) is 7.69. The van der Waals surface area contributed by atoms with Gasteiger partial charge < -0.3 is 4.42 Å². The van der Waals surface area contributed by atoms with Crippen LogP contribution >= 0.6 is 0 Å². The first-order valence-corrected chi connectivity index (χ1v) is 14.2. The van der Waals surface area contributed by atoms with Crippen LogP contribution in [0.3, 0.4) is 0 Å². The Hall–Kier alpha value is -4.50. The van der Waals surface area contributed by atoms with E-state index >= 15 is 0 Å². The molecule has 0 saturated heterocycles. The van der Waals surface area contributed by atoms with Crippen LogP contribution in [0.2, 0.25) is 0 Å². The fraction of sp³-hybridized carbons (Fsp3) is 0.211. The van der Waals surface area contributed by atoms with E-state index in [1.165, 1.54) is 11.1 Å². The zero-order valence-corrected chi connectivity index (χ0v) is 25.4. The summed E-state index contributed by atoms with van der Waals surface area (Å²) in [6, 6.07) is 29.4. The molecule has 0 saturated carbocycles. The van der Waals surface area contributed by atoms with Gasteiger partial charge in [-0.3, -0.25) is 0 Å². The standard InChI is InChI=1S/C38H38N2O/c1-23-19-25(3)33(26(4)20-23)39-35(31-15-11-9-12-16-31)37-29(7)30(8)38(41-37)36(32-17-13-10-14-18-32)40-34-27(5)21-24(2)22-28(34)6/h9-22H,1-8H3. The van der Waals surface area contributed by atoms with E-state index in [1.54, 1.807) is 0 Å². The van der Waals surface area contributed by atoms with Crippen molar-refractivity contribution in [2.24, 2.45) is 9.98 Å². The van der Waals surface area contributed by atoms with Crippen molar-refractivity contribution in [3.8, 4) is 0 Å². The summed E-state index contributed by atoms with van der Waals surface area (Å²) in [6.07, 6.45) is 0. The quantitative estimate of drug-likeness (QED) is 0.198. The Morgan fingerprint density at radius 2 is 0.780 bits per heavy atom. The number of hydrogen-bond donors (Lipinski definition) is 0. The van der Waals surface area contributed by atoms with Gasteiger partial charge in [0, 0.05) is 22.3 Å². The minimum absolute atomic E-state index is 0.768. The number of aryl methyl sites for hydroxylation is 6. The van der Waals surface area contributed by atoms with E-state index in [0.29, 0.717) is 0 Å². The maximum Gasteiger partial charge on any atom is 0.157 e.